The molecule has 23 heavy (non-hydrogen) atoms. The number of fused-ring (bicyclic) bond motifs is 1. The molecule has 0 bridgehead atoms. The molecule has 6 nitrogen and oxygen atoms in total. The van der Waals surface area contributed by atoms with Crippen molar-refractivity contribution in [2.24, 2.45) is 0 Å². The van der Waals surface area contributed by atoms with E-state index < -0.39 is 6.10 Å². The summed E-state index contributed by atoms with van der Waals surface area (Å²) >= 11 is 0. The molecule has 1 aliphatic rings. The number of benzene rings is 1. The SMILES string of the molecule is CC(=O)N[C@H]1CCN(C(=O)c2cc3ccccc3[nH]2)CC[C@@H]1O. The summed E-state index contributed by atoms with van der Waals surface area (Å²) in [5, 5.41) is 13.9. The summed E-state index contributed by atoms with van der Waals surface area (Å²) in [5.41, 5.74) is 1.49. The molecule has 1 aromatic carbocycles. The zero-order chi connectivity index (χ0) is 16.4. The lowest BCUT2D eigenvalue weighted by Crippen LogP contribution is -2.42. The molecule has 2 atom stereocenters. The molecule has 1 aliphatic heterocycles. The van der Waals surface area contributed by atoms with Crippen LogP contribution < -0.4 is 5.32 Å². The second kappa shape index (κ2) is 6.42. The monoisotopic (exact) mass is 315 g/mol. The van der Waals surface area contributed by atoms with E-state index >= 15 is 0 Å². The van der Waals surface area contributed by atoms with Gasteiger partial charge in [-0.3, -0.25) is 9.59 Å². The van der Waals surface area contributed by atoms with Crippen LogP contribution in [0.25, 0.3) is 10.9 Å². The predicted octanol–water partition coefficient (Wildman–Crippen LogP) is 1.27. The number of aliphatic hydroxyl groups is 1. The second-order valence-corrected chi connectivity index (χ2v) is 6.01. The minimum Gasteiger partial charge on any atom is -0.391 e. The Labute approximate surface area is 134 Å². The number of amides is 2. The van der Waals surface area contributed by atoms with Gasteiger partial charge in [0.05, 0.1) is 12.1 Å². The molecule has 2 amide bonds. The first-order chi connectivity index (χ1) is 11.0. The number of nitrogens with one attached hydrogen (secondary N) is 2. The van der Waals surface area contributed by atoms with Crippen molar-refractivity contribution in [1.29, 1.82) is 0 Å². The van der Waals surface area contributed by atoms with E-state index in [9.17, 15) is 14.7 Å². The molecule has 1 aromatic heterocycles. The van der Waals surface area contributed by atoms with Crippen LogP contribution in [0.1, 0.15) is 30.3 Å². The molecular formula is C17H21N3O3. The van der Waals surface area contributed by atoms with E-state index in [0.29, 0.717) is 31.6 Å². The second-order valence-electron chi connectivity index (χ2n) is 6.01. The topological polar surface area (TPSA) is 85.4 Å². The van der Waals surface area contributed by atoms with Crippen molar-refractivity contribution < 1.29 is 14.7 Å². The van der Waals surface area contributed by atoms with Gasteiger partial charge in [0.1, 0.15) is 5.69 Å². The molecule has 0 saturated carbocycles. The number of carbonyl (C=O) groups is 2. The van der Waals surface area contributed by atoms with Gasteiger partial charge in [-0.1, -0.05) is 18.2 Å². The Morgan fingerprint density at radius 3 is 2.74 bits per heavy atom. The van der Waals surface area contributed by atoms with Crippen LogP contribution in [0, 0.1) is 0 Å². The number of likely N-dealkylation sites (tertiary alicyclic amines) is 1. The van der Waals surface area contributed by atoms with E-state index in [1.54, 1.807) is 4.90 Å². The van der Waals surface area contributed by atoms with Crippen molar-refractivity contribution in [1.82, 2.24) is 15.2 Å². The Hall–Kier alpha value is -2.34. The first kappa shape index (κ1) is 15.6. The molecule has 0 unspecified atom stereocenters. The average molecular weight is 315 g/mol. The molecule has 1 fully saturated rings. The van der Waals surface area contributed by atoms with E-state index in [1.807, 2.05) is 30.3 Å². The third kappa shape index (κ3) is 3.37. The largest absolute Gasteiger partial charge is 0.391 e. The highest BCUT2D eigenvalue weighted by molar-refractivity contribution is 5.98. The smallest absolute Gasteiger partial charge is 0.270 e. The van der Waals surface area contributed by atoms with E-state index in [-0.39, 0.29) is 17.9 Å². The minimum absolute atomic E-state index is 0.0723. The number of hydrogen-bond acceptors (Lipinski definition) is 3. The predicted molar refractivity (Wildman–Crippen MR) is 87.0 cm³/mol. The summed E-state index contributed by atoms with van der Waals surface area (Å²) in [6.07, 6.45) is 0.378. The third-order valence-electron chi connectivity index (χ3n) is 4.31. The van der Waals surface area contributed by atoms with E-state index in [4.69, 9.17) is 0 Å². The van der Waals surface area contributed by atoms with Gasteiger partial charge < -0.3 is 20.3 Å². The fraction of sp³-hybridized carbons (Fsp3) is 0.412. The fourth-order valence-corrected chi connectivity index (χ4v) is 3.08. The average Bonchev–Trinajstić information content (AvgIpc) is 2.88. The van der Waals surface area contributed by atoms with Crippen molar-refractivity contribution >= 4 is 22.7 Å². The molecule has 6 heteroatoms. The normalized spacial score (nSPS) is 21.9. The number of carbonyl (C=O) groups excluding carboxylic acids is 2. The van der Waals surface area contributed by atoms with Gasteiger partial charge in [-0.05, 0) is 25.0 Å². The molecule has 1 saturated heterocycles. The van der Waals surface area contributed by atoms with Gasteiger partial charge in [0, 0.05) is 30.9 Å². The van der Waals surface area contributed by atoms with E-state index in [1.165, 1.54) is 6.92 Å². The summed E-state index contributed by atoms with van der Waals surface area (Å²) < 4.78 is 0. The maximum Gasteiger partial charge on any atom is 0.270 e. The summed E-state index contributed by atoms with van der Waals surface area (Å²) in [6.45, 7) is 2.42. The lowest BCUT2D eigenvalue weighted by atomic mass is 10.1. The maximum atomic E-state index is 12.7. The van der Waals surface area contributed by atoms with Gasteiger partial charge in [-0.25, -0.2) is 0 Å². The Kier molecular flexibility index (Phi) is 4.34. The number of nitrogens with zero attached hydrogens (tertiary/aromatic N) is 1. The number of aliphatic hydroxyl groups excluding tert-OH is 1. The number of hydrogen-bond donors (Lipinski definition) is 3. The van der Waals surface area contributed by atoms with Gasteiger partial charge >= 0.3 is 0 Å². The molecule has 0 radical (unpaired) electrons. The van der Waals surface area contributed by atoms with Gasteiger partial charge in [-0.2, -0.15) is 0 Å². The Morgan fingerprint density at radius 2 is 2.00 bits per heavy atom. The molecule has 122 valence electrons. The summed E-state index contributed by atoms with van der Waals surface area (Å²) in [7, 11) is 0. The van der Waals surface area contributed by atoms with Crippen molar-refractivity contribution in [3.8, 4) is 0 Å². The molecule has 3 rings (SSSR count). The number of aromatic nitrogens is 1. The Bertz CT molecular complexity index is 692. The lowest BCUT2D eigenvalue weighted by Gasteiger charge is -2.20. The van der Waals surface area contributed by atoms with Crippen molar-refractivity contribution in [3.63, 3.8) is 0 Å². The molecule has 2 aromatic rings. The standard InChI is InChI=1S/C17H21N3O3/c1-11(21)18-14-6-8-20(9-7-16(14)22)17(23)15-10-12-4-2-3-5-13(12)19-15/h2-5,10,14,16,19,22H,6-9H2,1H3,(H,18,21)/t14-,16-/m0/s1. The van der Waals surface area contributed by atoms with Crippen LogP contribution in [0.3, 0.4) is 0 Å². The van der Waals surface area contributed by atoms with Crippen LogP contribution in [-0.4, -0.2) is 52.0 Å². The molecule has 0 aliphatic carbocycles. The van der Waals surface area contributed by atoms with Gasteiger partial charge in [-0.15, -0.1) is 0 Å². The fourth-order valence-electron chi connectivity index (χ4n) is 3.08. The van der Waals surface area contributed by atoms with Crippen molar-refractivity contribution in [3.05, 3.63) is 36.0 Å². The Morgan fingerprint density at radius 1 is 1.26 bits per heavy atom. The van der Waals surface area contributed by atoms with Crippen LogP contribution in [-0.2, 0) is 4.79 Å². The third-order valence-corrected chi connectivity index (χ3v) is 4.31. The zero-order valence-electron chi connectivity index (χ0n) is 13.1. The van der Waals surface area contributed by atoms with Crippen LogP contribution in [0.15, 0.2) is 30.3 Å². The van der Waals surface area contributed by atoms with Crippen LogP contribution >= 0.6 is 0 Å². The van der Waals surface area contributed by atoms with Gasteiger partial charge in [0.15, 0.2) is 0 Å². The number of para-hydroxylation sites is 1. The molecule has 0 spiro atoms. The summed E-state index contributed by atoms with van der Waals surface area (Å²) in [5.74, 6) is -0.235. The zero-order valence-corrected chi connectivity index (χ0v) is 13.1. The highest BCUT2D eigenvalue weighted by atomic mass is 16.3. The van der Waals surface area contributed by atoms with Gasteiger partial charge in [0.25, 0.3) is 5.91 Å². The molecule has 2 heterocycles. The quantitative estimate of drug-likeness (QED) is 0.780. The number of rotatable bonds is 2. The number of H-pyrrole nitrogens is 1. The van der Waals surface area contributed by atoms with E-state index in [2.05, 4.69) is 10.3 Å². The highest BCUT2D eigenvalue weighted by Gasteiger charge is 2.28. The van der Waals surface area contributed by atoms with Crippen molar-refractivity contribution in [2.45, 2.75) is 31.9 Å². The lowest BCUT2D eigenvalue weighted by molar-refractivity contribution is -0.120. The maximum absolute atomic E-state index is 12.7. The van der Waals surface area contributed by atoms with Crippen LogP contribution in [0.2, 0.25) is 0 Å². The van der Waals surface area contributed by atoms with E-state index in [0.717, 1.165) is 10.9 Å². The summed E-state index contributed by atoms with van der Waals surface area (Å²) in [4.78, 5) is 28.8. The first-order valence-electron chi connectivity index (χ1n) is 7.87. The minimum atomic E-state index is -0.626. The van der Waals surface area contributed by atoms with Crippen LogP contribution in [0.4, 0.5) is 0 Å². The molecule has 3 N–H and O–H groups in total. The first-order valence-corrected chi connectivity index (χ1v) is 7.87. The molecular weight excluding hydrogens is 294 g/mol. The van der Waals surface area contributed by atoms with Crippen molar-refractivity contribution in [2.75, 3.05) is 13.1 Å². The Balaban J connectivity index is 1.73. The van der Waals surface area contributed by atoms with Gasteiger partial charge in [0.2, 0.25) is 5.91 Å². The number of aromatic amines is 1. The summed E-state index contributed by atoms with van der Waals surface area (Å²) in [6, 6.07) is 9.31. The van der Waals surface area contributed by atoms with Crippen LogP contribution in [0.5, 0.6) is 0 Å². The highest BCUT2D eigenvalue weighted by Crippen LogP contribution is 2.18.